The number of rotatable bonds is 6. The van der Waals surface area contributed by atoms with Crippen molar-refractivity contribution in [3.63, 3.8) is 0 Å². The van der Waals surface area contributed by atoms with Gasteiger partial charge in [-0.2, -0.15) is 0 Å². The summed E-state index contributed by atoms with van der Waals surface area (Å²) < 4.78 is 26.3. The first-order valence-corrected chi connectivity index (χ1v) is 15.1. The number of amides is 1. The van der Waals surface area contributed by atoms with E-state index in [4.69, 9.17) is 0 Å². The number of carbonyl (C=O) groups excluding carboxylic acids is 1. The van der Waals surface area contributed by atoms with Crippen molar-refractivity contribution in [2.75, 3.05) is 23.1 Å². The Morgan fingerprint density at radius 2 is 1.79 bits per heavy atom. The van der Waals surface area contributed by atoms with Crippen LogP contribution in [0.3, 0.4) is 0 Å². The fourth-order valence-corrected chi connectivity index (χ4v) is 9.65. The number of hydrogen-bond acceptors (Lipinski definition) is 7. The Bertz CT molecular complexity index is 1100. The molecule has 0 bridgehead atoms. The summed E-state index contributed by atoms with van der Waals surface area (Å²) in [5, 5.41) is 5.54. The van der Waals surface area contributed by atoms with Gasteiger partial charge in [-0.3, -0.25) is 9.78 Å². The molecule has 9 heteroatoms. The maximum absolute atomic E-state index is 13.1. The second-order valence-corrected chi connectivity index (χ2v) is 13.7. The number of benzene rings is 1. The van der Waals surface area contributed by atoms with Gasteiger partial charge in [-0.1, -0.05) is 12.1 Å². The molecule has 1 saturated carbocycles. The summed E-state index contributed by atoms with van der Waals surface area (Å²) in [5.74, 6) is 0.208. The Morgan fingerprint density at radius 3 is 2.58 bits per heavy atom. The molecule has 3 heterocycles. The normalized spacial score (nSPS) is 25.1. The van der Waals surface area contributed by atoms with Gasteiger partial charge in [-0.05, 0) is 55.9 Å². The third kappa shape index (κ3) is 5.05. The van der Waals surface area contributed by atoms with Crippen molar-refractivity contribution < 1.29 is 13.2 Å². The maximum Gasteiger partial charge on any atom is 0.223 e. The first-order chi connectivity index (χ1) is 16.0. The zero-order valence-electron chi connectivity index (χ0n) is 18.5. The van der Waals surface area contributed by atoms with E-state index in [1.807, 2.05) is 23.5 Å². The van der Waals surface area contributed by atoms with Crippen molar-refractivity contribution in [1.82, 2.24) is 10.3 Å². The molecule has 3 fully saturated rings. The SMILES string of the molecule is O=C(NCc1ccc(S(=O)(=O)c2cncc(N3CCCC3)c2)cc1)C1CCC2SCSC2C1. The number of hydrogen-bond donors (Lipinski definition) is 1. The Balaban J connectivity index is 1.21. The molecule has 1 amide bonds. The van der Waals surface area contributed by atoms with Crippen LogP contribution in [0.2, 0.25) is 0 Å². The average Bonchev–Trinajstić information content (AvgIpc) is 3.55. The molecule has 33 heavy (non-hydrogen) atoms. The van der Waals surface area contributed by atoms with Crippen LogP contribution < -0.4 is 10.2 Å². The van der Waals surface area contributed by atoms with Gasteiger partial charge >= 0.3 is 0 Å². The fourth-order valence-electron chi connectivity index (χ4n) is 4.88. The van der Waals surface area contributed by atoms with Gasteiger partial charge in [-0.15, -0.1) is 23.5 Å². The molecule has 3 unspecified atom stereocenters. The van der Waals surface area contributed by atoms with E-state index in [1.165, 1.54) is 6.20 Å². The van der Waals surface area contributed by atoms with Crippen molar-refractivity contribution in [3.8, 4) is 0 Å². The minimum atomic E-state index is -3.65. The predicted octanol–water partition coefficient (Wildman–Crippen LogP) is 4.11. The summed E-state index contributed by atoms with van der Waals surface area (Å²) in [4.78, 5) is 19.5. The lowest BCUT2D eigenvalue weighted by atomic mass is 9.87. The summed E-state index contributed by atoms with van der Waals surface area (Å²) in [7, 11) is -3.65. The monoisotopic (exact) mass is 503 g/mol. The number of carbonyl (C=O) groups is 1. The van der Waals surface area contributed by atoms with Crippen molar-refractivity contribution in [3.05, 3.63) is 48.3 Å². The third-order valence-corrected chi connectivity index (χ3v) is 11.8. The lowest BCUT2D eigenvalue weighted by molar-refractivity contribution is -0.126. The van der Waals surface area contributed by atoms with Gasteiger partial charge in [0.1, 0.15) is 0 Å². The third-order valence-electron chi connectivity index (χ3n) is 6.85. The fraction of sp³-hybridized carbons (Fsp3) is 0.500. The van der Waals surface area contributed by atoms with Gasteiger partial charge in [0.2, 0.25) is 15.7 Å². The van der Waals surface area contributed by atoms with Crippen LogP contribution in [-0.2, 0) is 21.2 Å². The van der Waals surface area contributed by atoms with E-state index in [2.05, 4.69) is 15.2 Å². The molecule has 1 aliphatic carbocycles. The summed E-state index contributed by atoms with van der Waals surface area (Å²) >= 11 is 4.03. The second-order valence-electron chi connectivity index (χ2n) is 8.98. The molecule has 6 nitrogen and oxygen atoms in total. The topological polar surface area (TPSA) is 79.4 Å². The molecule has 2 saturated heterocycles. The summed E-state index contributed by atoms with van der Waals surface area (Å²) in [6, 6.07) is 8.53. The van der Waals surface area contributed by atoms with Crippen LogP contribution in [0.25, 0.3) is 0 Å². The van der Waals surface area contributed by atoms with Crippen LogP contribution in [0.4, 0.5) is 5.69 Å². The van der Waals surface area contributed by atoms with Crippen LogP contribution >= 0.6 is 23.5 Å². The molecular weight excluding hydrogens is 474 g/mol. The number of anilines is 1. The summed E-state index contributed by atoms with van der Waals surface area (Å²) in [5.41, 5.74) is 1.75. The molecule has 1 aromatic heterocycles. The molecule has 0 radical (unpaired) electrons. The van der Waals surface area contributed by atoms with Crippen LogP contribution in [0.5, 0.6) is 0 Å². The Kier molecular flexibility index (Phi) is 6.90. The predicted molar refractivity (Wildman–Crippen MR) is 134 cm³/mol. The lowest BCUT2D eigenvalue weighted by Crippen LogP contribution is -2.37. The van der Waals surface area contributed by atoms with Gasteiger partial charge in [-0.25, -0.2) is 8.42 Å². The van der Waals surface area contributed by atoms with Gasteiger partial charge < -0.3 is 10.2 Å². The van der Waals surface area contributed by atoms with Gasteiger partial charge in [0.15, 0.2) is 0 Å². The molecule has 3 aliphatic rings. The Labute approximate surface area is 204 Å². The van der Waals surface area contributed by atoms with Crippen LogP contribution in [0.15, 0.2) is 52.5 Å². The Hall–Kier alpha value is -1.71. The first-order valence-electron chi connectivity index (χ1n) is 11.6. The molecular formula is C24H29N3O3S3. The summed E-state index contributed by atoms with van der Waals surface area (Å²) in [6.45, 7) is 2.29. The second kappa shape index (κ2) is 9.88. The Morgan fingerprint density at radius 1 is 1.03 bits per heavy atom. The van der Waals surface area contributed by atoms with Crippen molar-refractivity contribution >= 4 is 45.0 Å². The van der Waals surface area contributed by atoms with Gasteiger partial charge in [0.05, 0.1) is 21.7 Å². The molecule has 5 rings (SSSR count). The average molecular weight is 504 g/mol. The smallest absolute Gasteiger partial charge is 0.223 e. The molecule has 2 aromatic rings. The lowest BCUT2D eigenvalue weighted by Gasteiger charge is -2.29. The number of aromatic nitrogens is 1. The molecule has 1 N–H and O–H groups in total. The molecule has 0 spiro atoms. The van der Waals surface area contributed by atoms with Crippen molar-refractivity contribution in [2.45, 2.75) is 58.9 Å². The standard InChI is InChI=1S/C24H29N3O3S3/c28-24(18-5-8-22-23(11-18)32-16-31-22)26-13-17-3-6-20(7-4-17)33(29,30)21-12-19(14-25-15-21)27-9-1-2-10-27/h3-4,6-7,12,14-15,18,22-23H,1-2,5,8-11,13,16H2,(H,26,28). The number of fused-ring (bicyclic) bond motifs is 1. The van der Waals surface area contributed by atoms with Crippen LogP contribution in [-0.4, -0.2) is 48.0 Å². The van der Waals surface area contributed by atoms with E-state index in [1.54, 1.807) is 36.5 Å². The minimum absolute atomic E-state index is 0.0903. The van der Waals surface area contributed by atoms with E-state index >= 15 is 0 Å². The quantitative estimate of drug-likeness (QED) is 0.636. The van der Waals surface area contributed by atoms with Crippen molar-refractivity contribution in [2.24, 2.45) is 5.92 Å². The molecule has 2 aliphatic heterocycles. The van der Waals surface area contributed by atoms with E-state index in [9.17, 15) is 13.2 Å². The van der Waals surface area contributed by atoms with Crippen LogP contribution in [0, 0.1) is 5.92 Å². The van der Waals surface area contributed by atoms with E-state index in [0.29, 0.717) is 11.8 Å². The highest BCUT2D eigenvalue weighted by Crippen LogP contribution is 2.46. The van der Waals surface area contributed by atoms with Crippen molar-refractivity contribution in [1.29, 1.82) is 0 Å². The first kappa shape index (κ1) is 23.1. The molecule has 176 valence electrons. The van der Waals surface area contributed by atoms with Crippen LogP contribution in [0.1, 0.15) is 37.7 Å². The zero-order valence-corrected chi connectivity index (χ0v) is 20.9. The highest BCUT2D eigenvalue weighted by molar-refractivity contribution is 8.19. The molecule has 1 aromatic carbocycles. The van der Waals surface area contributed by atoms with Gasteiger partial charge in [0.25, 0.3) is 0 Å². The van der Waals surface area contributed by atoms with E-state index in [0.717, 1.165) is 66.8 Å². The van der Waals surface area contributed by atoms with E-state index in [-0.39, 0.29) is 21.6 Å². The number of sulfone groups is 1. The largest absolute Gasteiger partial charge is 0.370 e. The molecule has 3 atom stereocenters. The maximum atomic E-state index is 13.1. The highest BCUT2D eigenvalue weighted by atomic mass is 32.2. The number of pyridine rings is 1. The van der Waals surface area contributed by atoms with Gasteiger partial charge in [0, 0.05) is 47.3 Å². The summed E-state index contributed by atoms with van der Waals surface area (Å²) in [6.07, 6.45) is 8.44. The highest BCUT2D eigenvalue weighted by Gasteiger charge is 2.37. The number of thioether (sulfide) groups is 2. The van der Waals surface area contributed by atoms with E-state index < -0.39 is 9.84 Å². The zero-order chi connectivity index (χ0) is 22.8. The minimum Gasteiger partial charge on any atom is -0.370 e. The number of nitrogens with zero attached hydrogens (tertiary/aromatic N) is 2. The number of nitrogens with one attached hydrogen (secondary N) is 1.